The lowest BCUT2D eigenvalue weighted by Crippen LogP contribution is -2.30. The molecule has 0 atom stereocenters. The SMILES string of the molecule is Cc1cnc(-c2c(C)[nH]c3c(C(N)=O)cccc23)nc1NCc1cccc(B(O)O)c1. The summed E-state index contributed by atoms with van der Waals surface area (Å²) >= 11 is 0. The minimum Gasteiger partial charge on any atom is -0.423 e. The Kier molecular flexibility index (Phi) is 5.45. The van der Waals surface area contributed by atoms with Crippen LogP contribution in [0.4, 0.5) is 5.82 Å². The van der Waals surface area contributed by atoms with Crippen LogP contribution in [-0.4, -0.2) is 38.0 Å². The number of hydrogen-bond acceptors (Lipinski definition) is 6. The molecule has 8 nitrogen and oxygen atoms in total. The van der Waals surface area contributed by atoms with E-state index in [0.717, 1.165) is 27.8 Å². The summed E-state index contributed by atoms with van der Waals surface area (Å²) in [5, 5.41) is 22.9. The standard InChI is InChI=1S/C22H22BN5O3/c1-12-10-25-22(18-13(2)27-19-16(18)7-4-8-17(19)20(24)29)28-21(12)26-11-14-5-3-6-15(9-14)23(30)31/h3-10,27,30-31H,11H2,1-2H3,(H2,24,29)(H,25,26,28). The minimum absolute atomic E-state index is 0.420. The molecule has 4 aromatic rings. The Morgan fingerprint density at radius 3 is 2.71 bits per heavy atom. The molecule has 2 aromatic carbocycles. The van der Waals surface area contributed by atoms with Crippen molar-refractivity contribution in [2.75, 3.05) is 5.32 Å². The highest BCUT2D eigenvalue weighted by atomic mass is 16.4. The summed E-state index contributed by atoms with van der Waals surface area (Å²) in [5.74, 6) is 0.693. The molecule has 0 saturated carbocycles. The number of benzene rings is 2. The molecule has 0 fully saturated rings. The van der Waals surface area contributed by atoms with Crippen LogP contribution in [0.5, 0.6) is 0 Å². The van der Waals surface area contributed by atoms with Gasteiger partial charge in [-0.2, -0.15) is 0 Å². The van der Waals surface area contributed by atoms with Crippen molar-refractivity contribution in [3.05, 3.63) is 71.0 Å². The molecule has 9 heteroatoms. The van der Waals surface area contributed by atoms with Gasteiger partial charge in [0.15, 0.2) is 5.82 Å². The number of aromatic nitrogens is 3. The highest BCUT2D eigenvalue weighted by molar-refractivity contribution is 6.58. The van der Waals surface area contributed by atoms with Crippen LogP contribution >= 0.6 is 0 Å². The fourth-order valence-electron chi connectivity index (χ4n) is 3.63. The monoisotopic (exact) mass is 415 g/mol. The van der Waals surface area contributed by atoms with Gasteiger partial charge in [-0.15, -0.1) is 0 Å². The molecule has 156 valence electrons. The van der Waals surface area contributed by atoms with E-state index in [1.54, 1.807) is 36.5 Å². The van der Waals surface area contributed by atoms with Crippen molar-refractivity contribution in [3.8, 4) is 11.4 Å². The minimum atomic E-state index is -1.51. The summed E-state index contributed by atoms with van der Waals surface area (Å²) < 4.78 is 0. The van der Waals surface area contributed by atoms with Crippen LogP contribution in [0.25, 0.3) is 22.3 Å². The second kappa shape index (κ2) is 8.21. The molecule has 0 aliphatic heterocycles. The second-order valence-electron chi connectivity index (χ2n) is 7.41. The van der Waals surface area contributed by atoms with Gasteiger partial charge in [-0.25, -0.2) is 9.97 Å². The predicted octanol–water partition coefficient (Wildman–Crippen LogP) is 1.63. The van der Waals surface area contributed by atoms with Crippen molar-refractivity contribution < 1.29 is 14.8 Å². The van der Waals surface area contributed by atoms with Crippen molar-refractivity contribution in [3.63, 3.8) is 0 Å². The second-order valence-corrected chi connectivity index (χ2v) is 7.41. The molecular formula is C22H22BN5O3. The number of nitrogens with two attached hydrogens (primary N) is 1. The predicted molar refractivity (Wildman–Crippen MR) is 121 cm³/mol. The van der Waals surface area contributed by atoms with Crippen LogP contribution in [0.2, 0.25) is 0 Å². The third-order valence-corrected chi connectivity index (χ3v) is 5.19. The molecule has 0 bridgehead atoms. The van der Waals surface area contributed by atoms with Gasteiger partial charge in [0, 0.05) is 34.9 Å². The average molecular weight is 415 g/mol. The van der Waals surface area contributed by atoms with Crippen molar-refractivity contribution in [2.45, 2.75) is 20.4 Å². The first-order valence-corrected chi connectivity index (χ1v) is 9.79. The molecular weight excluding hydrogens is 393 g/mol. The number of amides is 1. The Morgan fingerprint density at radius 1 is 1.19 bits per heavy atom. The van der Waals surface area contributed by atoms with E-state index in [-0.39, 0.29) is 0 Å². The summed E-state index contributed by atoms with van der Waals surface area (Å²) in [6.45, 7) is 4.27. The molecule has 0 aliphatic carbocycles. The molecule has 0 aliphatic rings. The molecule has 31 heavy (non-hydrogen) atoms. The molecule has 2 aromatic heterocycles. The van der Waals surface area contributed by atoms with Crippen molar-refractivity contribution in [1.82, 2.24) is 15.0 Å². The molecule has 4 rings (SSSR count). The first-order valence-electron chi connectivity index (χ1n) is 9.79. The fraction of sp³-hybridized carbons (Fsp3) is 0.136. The first-order chi connectivity index (χ1) is 14.8. The number of primary amides is 1. The Hall–Kier alpha value is -3.69. The molecule has 2 heterocycles. The van der Waals surface area contributed by atoms with Gasteiger partial charge < -0.3 is 26.1 Å². The Balaban J connectivity index is 1.69. The number of nitrogens with zero attached hydrogens (tertiary/aromatic N) is 2. The van der Waals surface area contributed by atoms with E-state index < -0.39 is 13.0 Å². The Bertz CT molecular complexity index is 1290. The highest BCUT2D eigenvalue weighted by Gasteiger charge is 2.18. The summed E-state index contributed by atoms with van der Waals surface area (Å²) in [6, 6.07) is 12.4. The van der Waals surface area contributed by atoms with E-state index in [2.05, 4.69) is 15.3 Å². The third kappa shape index (κ3) is 4.01. The lowest BCUT2D eigenvalue weighted by atomic mass is 9.80. The number of carbonyl (C=O) groups excluding carboxylic acids is 1. The molecule has 0 saturated heterocycles. The average Bonchev–Trinajstić information content (AvgIpc) is 3.09. The number of H-pyrrole nitrogens is 1. The van der Waals surface area contributed by atoms with Crippen molar-refractivity contribution in [1.29, 1.82) is 0 Å². The van der Waals surface area contributed by atoms with Gasteiger partial charge in [0.25, 0.3) is 5.91 Å². The van der Waals surface area contributed by atoms with Gasteiger partial charge in [-0.3, -0.25) is 4.79 Å². The van der Waals surface area contributed by atoms with Gasteiger partial charge in [0.2, 0.25) is 0 Å². The van der Waals surface area contributed by atoms with Gasteiger partial charge in [-0.05, 0) is 30.9 Å². The largest absolute Gasteiger partial charge is 0.488 e. The van der Waals surface area contributed by atoms with Crippen LogP contribution in [0.15, 0.2) is 48.7 Å². The maximum Gasteiger partial charge on any atom is 0.488 e. The van der Waals surface area contributed by atoms with E-state index in [1.165, 1.54) is 0 Å². The van der Waals surface area contributed by atoms with E-state index in [1.807, 2.05) is 26.0 Å². The quantitative estimate of drug-likeness (QED) is 0.304. The van der Waals surface area contributed by atoms with Crippen LogP contribution in [0.1, 0.15) is 27.2 Å². The number of rotatable bonds is 6. The number of fused-ring (bicyclic) bond motifs is 1. The van der Waals surface area contributed by atoms with Gasteiger partial charge in [0.1, 0.15) is 5.82 Å². The van der Waals surface area contributed by atoms with Crippen LogP contribution in [0, 0.1) is 13.8 Å². The van der Waals surface area contributed by atoms with Crippen LogP contribution in [0.3, 0.4) is 0 Å². The Labute approximate surface area is 179 Å². The normalized spacial score (nSPS) is 11.0. The fourth-order valence-corrected chi connectivity index (χ4v) is 3.63. The zero-order valence-electron chi connectivity index (χ0n) is 17.2. The van der Waals surface area contributed by atoms with E-state index in [9.17, 15) is 14.8 Å². The molecule has 6 N–H and O–H groups in total. The summed E-state index contributed by atoms with van der Waals surface area (Å²) in [7, 11) is -1.51. The molecule has 0 unspecified atom stereocenters. The van der Waals surface area contributed by atoms with Crippen LogP contribution in [-0.2, 0) is 6.54 Å². The zero-order valence-corrected chi connectivity index (χ0v) is 17.2. The number of nitrogens with one attached hydrogen (secondary N) is 2. The summed E-state index contributed by atoms with van der Waals surface area (Å²) in [6.07, 6.45) is 1.74. The maximum atomic E-state index is 11.8. The number of aromatic amines is 1. The number of carbonyl (C=O) groups is 1. The van der Waals surface area contributed by atoms with Crippen molar-refractivity contribution in [2.24, 2.45) is 5.73 Å². The Morgan fingerprint density at radius 2 is 1.97 bits per heavy atom. The smallest absolute Gasteiger partial charge is 0.423 e. The summed E-state index contributed by atoms with van der Waals surface area (Å²) in [5.41, 5.74) is 10.4. The van der Waals surface area contributed by atoms with Crippen molar-refractivity contribution >= 4 is 35.2 Å². The summed E-state index contributed by atoms with van der Waals surface area (Å²) in [4.78, 5) is 24.2. The van der Waals surface area contributed by atoms with Gasteiger partial charge >= 0.3 is 7.12 Å². The first kappa shape index (κ1) is 20.6. The van der Waals surface area contributed by atoms with E-state index in [4.69, 9.17) is 10.7 Å². The van der Waals surface area contributed by atoms with E-state index in [0.29, 0.717) is 34.7 Å². The number of hydrogen-bond donors (Lipinski definition) is 5. The topological polar surface area (TPSA) is 137 Å². The molecule has 0 radical (unpaired) electrons. The maximum absolute atomic E-state index is 11.8. The lowest BCUT2D eigenvalue weighted by Gasteiger charge is -2.11. The zero-order chi connectivity index (χ0) is 22.1. The molecule has 1 amide bonds. The number of para-hydroxylation sites is 1. The van der Waals surface area contributed by atoms with Gasteiger partial charge in [-0.1, -0.05) is 36.4 Å². The lowest BCUT2D eigenvalue weighted by molar-refractivity contribution is 0.100. The van der Waals surface area contributed by atoms with Crippen LogP contribution < -0.4 is 16.5 Å². The highest BCUT2D eigenvalue weighted by Crippen LogP contribution is 2.32. The third-order valence-electron chi connectivity index (χ3n) is 5.19. The van der Waals surface area contributed by atoms with Gasteiger partial charge in [0.05, 0.1) is 11.1 Å². The number of aryl methyl sites for hydroxylation is 2. The molecule has 0 spiro atoms. The van der Waals surface area contributed by atoms with E-state index >= 15 is 0 Å². The number of anilines is 1.